The molecule has 3 aromatic carbocycles. The third kappa shape index (κ3) is 6.10. The molecule has 11 heteroatoms. The molecule has 1 aromatic heterocycles. The number of amides is 1. The highest BCUT2D eigenvalue weighted by Gasteiger charge is 2.48. The van der Waals surface area contributed by atoms with Crippen LogP contribution < -0.4 is 14.4 Å². The fourth-order valence-electron chi connectivity index (χ4n) is 4.37. The van der Waals surface area contributed by atoms with Gasteiger partial charge in [0.25, 0.3) is 5.78 Å². The summed E-state index contributed by atoms with van der Waals surface area (Å²) in [5.74, 6) is -0.487. The number of aliphatic hydroxyl groups excluding tert-OH is 1. The lowest BCUT2D eigenvalue weighted by Gasteiger charge is -2.22. The molecule has 0 saturated carbocycles. The predicted molar refractivity (Wildman–Crippen MR) is 156 cm³/mol. The van der Waals surface area contributed by atoms with Crippen molar-refractivity contribution < 1.29 is 28.6 Å². The van der Waals surface area contributed by atoms with E-state index in [1.165, 1.54) is 28.8 Å². The number of nitrogens with zero attached hydrogens (tertiary/aromatic N) is 3. The van der Waals surface area contributed by atoms with Gasteiger partial charge in [-0.25, -0.2) is 4.39 Å². The second-order valence-electron chi connectivity index (χ2n) is 8.89. The molecule has 5 rings (SSSR count). The quantitative estimate of drug-likeness (QED) is 0.0744. The minimum Gasteiger partial charge on any atom is -0.507 e. The number of rotatable bonds is 10. The molecule has 1 aliphatic heterocycles. The van der Waals surface area contributed by atoms with Crippen molar-refractivity contribution in [3.8, 4) is 11.5 Å². The van der Waals surface area contributed by atoms with E-state index in [0.717, 1.165) is 16.9 Å². The molecule has 210 valence electrons. The Hall–Kier alpha value is -4.22. The summed E-state index contributed by atoms with van der Waals surface area (Å²) in [7, 11) is 0. The number of thioether (sulfide) groups is 1. The summed E-state index contributed by atoms with van der Waals surface area (Å²) >= 11 is 2.54. The molecule has 8 nitrogen and oxygen atoms in total. The minimum atomic E-state index is -0.944. The molecule has 1 fully saturated rings. The number of benzene rings is 3. The third-order valence-corrected chi connectivity index (χ3v) is 8.39. The summed E-state index contributed by atoms with van der Waals surface area (Å²) in [6.07, 6.45) is 0. The Balaban J connectivity index is 1.52. The topological polar surface area (TPSA) is 102 Å². The zero-order chi connectivity index (χ0) is 28.9. The molecule has 0 radical (unpaired) electrons. The van der Waals surface area contributed by atoms with E-state index >= 15 is 0 Å². The van der Waals surface area contributed by atoms with Gasteiger partial charge in [-0.1, -0.05) is 47.4 Å². The van der Waals surface area contributed by atoms with E-state index in [0.29, 0.717) is 45.9 Å². The summed E-state index contributed by atoms with van der Waals surface area (Å²) in [5, 5.41) is 20.0. The Morgan fingerprint density at radius 1 is 0.927 bits per heavy atom. The first-order valence-electron chi connectivity index (χ1n) is 12.9. The number of carbonyl (C=O) groups excluding carboxylic acids is 2. The highest BCUT2D eigenvalue weighted by atomic mass is 32.2. The van der Waals surface area contributed by atoms with Crippen LogP contribution in [0.5, 0.6) is 11.5 Å². The van der Waals surface area contributed by atoms with Gasteiger partial charge in [-0.2, -0.15) is 0 Å². The van der Waals surface area contributed by atoms with Crippen molar-refractivity contribution in [3.05, 3.63) is 101 Å². The number of Topliss-reactive ketones (excluding diaryl/α,β-unsaturated/α-hetero) is 1. The summed E-state index contributed by atoms with van der Waals surface area (Å²) in [5.41, 5.74) is 1.81. The van der Waals surface area contributed by atoms with Gasteiger partial charge in [-0.05, 0) is 73.5 Å². The van der Waals surface area contributed by atoms with Crippen molar-refractivity contribution in [2.24, 2.45) is 0 Å². The fourth-order valence-corrected chi connectivity index (χ4v) is 6.20. The molecular formula is C30H26FN3O5S2. The van der Waals surface area contributed by atoms with Gasteiger partial charge in [0.15, 0.2) is 4.34 Å². The fraction of sp³-hybridized carbons (Fsp3) is 0.200. The van der Waals surface area contributed by atoms with Gasteiger partial charge in [-0.15, -0.1) is 10.2 Å². The molecule has 0 aliphatic carbocycles. The maximum Gasteiger partial charge on any atom is 0.301 e. The van der Waals surface area contributed by atoms with Crippen molar-refractivity contribution in [1.82, 2.24) is 10.2 Å². The van der Waals surface area contributed by atoms with Gasteiger partial charge in [0.2, 0.25) is 5.13 Å². The maximum atomic E-state index is 13.4. The van der Waals surface area contributed by atoms with Crippen LogP contribution in [0.3, 0.4) is 0 Å². The van der Waals surface area contributed by atoms with Crippen LogP contribution in [0.25, 0.3) is 5.76 Å². The summed E-state index contributed by atoms with van der Waals surface area (Å²) < 4.78 is 24.9. The van der Waals surface area contributed by atoms with Crippen molar-refractivity contribution >= 4 is 45.7 Å². The second-order valence-corrected chi connectivity index (χ2v) is 11.1. The molecule has 1 atom stereocenters. The zero-order valence-electron chi connectivity index (χ0n) is 22.2. The van der Waals surface area contributed by atoms with E-state index in [1.54, 1.807) is 60.7 Å². The Labute approximate surface area is 244 Å². The molecule has 4 aromatic rings. The molecule has 1 saturated heterocycles. The van der Waals surface area contributed by atoms with E-state index in [4.69, 9.17) is 9.47 Å². The standard InChI is InChI=1S/C30H26FN3O5S2/c1-3-38-22-13-7-19(8-14-22)25-24(26(35)20-9-15-23(16-10-20)39-4-2)27(36)28(37)34(25)29-32-33-30(41-29)40-17-18-5-11-21(31)12-6-18/h5-16,25,35H,3-4,17H2,1-2H3/b26-24-. The summed E-state index contributed by atoms with van der Waals surface area (Å²) in [4.78, 5) is 28.2. The molecule has 1 aliphatic rings. The smallest absolute Gasteiger partial charge is 0.301 e. The average Bonchev–Trinajstić information content (AvgIpc) is 3.55. The second kappa shape index (κ2) is 12.5. The number of ketones is 1. The average molecular weight is 592 g/mol. The lowest BCUT2D eigenvalue weighted by Crippen LogP contribution is -2.29. The van der Waals surface area contributed by atoms with Gasteiger partial charge in [0.05, 0.1) is 24.8 Å². The molecule has 1 unspecified atom stereocenters. The van der Waals surface area contributed by atoms with Crippen molar-refractivity contribution in [2.45, 2.75) is 30.0 Å². The van der Waals surface area contributed by atoms with Crippen LogP contribution in [-0.2, 0) is 15.3 Å². The first-order valence-corrected chi connectivity index (χ1v) is 14.7. The van der Waals surface area contributed by atoms with Gasteiger partial charge < -0.3 is 14.6 Å². The highest BCUT2D eigenvalue weighted by Crippen LogP contribution is 2.44. The molecule has 41 heavy (non-hydrogen) atoms. The van der Waals surface area contributed by atoms with E-state index in [9.17, 15) is 19.1 Å². The number of aromatic nitrogens is 2. The van der Waals surface area contributed by atoms with E-state index in [-0.39, 0.29) is 22.3 Å². The largest absolute Gasteiger partial charge is 0.507 e. The van der Waals surface area contributed by atoms with Gasteiger partial charge in [0.1, 0.15) is 23.1 Å². The Bertz CT molecular complexity index is 1570. The maximum absolute atomic E-state index is 13.4. The monoisotopic (exact) mass is 591 g/mol. The van der Waals surface area contributed by atoms with E-state index in [2.05, 4.69) is 10.2 Å². The lowest BCUT2D eigenvalue weighted by atomic mass is 9.95. The number of hydrogen-bond donors (Lipinski definition) is 1. The molecule has 0 spiro atoms. The number of hydrogen-bond acceptors (Lipinski definition) is 9. The molecule has 0 bridgehead atoms. The van der Waals surface area contributed by atoms with Gasteiger partial charge in [-0.3, -0.25) is 14.5 Å². The molecular weight excluding hydrogens is 565 g/mol. The Morgan fingerprint density at radius 2 is 1.54 bits per heavy atom. The lowest BCUT2D eigenvalue weighted by molar-refractivity contribution is -0.132. The molecule has 2 heterocycles. The van der Waals surface area contributed by atoms with E-state index in [1.807, 2.05) is 13.8 Å². The van der Waals surface area contributed by atoms with Gasteiger partial charge >= 0.3 is 5.91 Å². The Morgan fingerprint density at radius 3 is 2.15 bits per heavy atom. The number of ether oxygens (including phenoxy) is 2. The molecule has 1 N–H and O–H groups in total. The predicted octanol–water partition coefficient (Wildman–Crippen LogP) is 6.39. The molecule has 1 amide bonds. The van der Waals surface area contributed by atoms with Crippen LogP contribution in [0.15, 0.2) is 82.7 Å². The number of aliphatic hydroxyl groups is 1. The number of halogens is 1. The van der Waals surface area contributed by atoms with Crippen molar-refractivity contribution in [2.75, 3.05) is 18.1 Å². The number of carbonyl (C=O) groups is 2. The first kappa shape index (κ1) is 28.3. The van der Waals surface area contributed by atoms with Crippen LogP contribution in [-0.4, -0.2) is 40.2 Å². The normalized spacial score (nSPS) is 16.3. The summed E-state index contributed by atoms with van der Waals surface area (Å²) in [6, 6.07) is 18.9. The van der Waals surface area contributed by atoms with Crippen molar-refractivity contribution in [1.29, 1.82) is 0 Å². The van der Waals surface area contributed by atoms with Crippen LogP contribution in [0.2, 0.25) is 0 Å². The van der Waals surface area contributed by atoms with Crippen LogP contribution in [0.1, 0.15) is 36.6 Å². The summed E-state index contributed by atoms with van der Waals surface area (Å²) in [6.45, 7) is 4.71. The zero-order valence-corrected chi connectivity index (χ0v) is 23.9. The van der Waals surface area contributed by atoms with Crippen LogP contribution in [0.4, 0.5) is 9.52 Å². The van der Waals surface area contributed by atoms with E-state index < -0.39 is 17.7 Å². The SMILES string of the molecule is CCOc1ccc(/C(O)=C2/C(=O)C(=O)N(c3nnc(SCc4ccc(F)cc4)s3)C2c2ccc(OCC)cc2)cc1. The first-order chi connectivity index (χ1) is 19.9. The van der Waals surface area contributed by atoms with Crippen LogP contribution >= 0.6 is 23.1 Å². The van der Waals surface area contributed by atoms with Crippen LogP contribution in [0, 0.1) is 5.82 Å². The third-order valence-electron chi connectivity index (χ3n) is 6.27. The number of anilines is 1. The van der Waals surface area contributed by atoms with Gasteiger partial charge in [0, 0.05) is 11.3 Å². The minimum absolute atomic E-state index is 0.0564. The Kier molecular flexibility index (Phi) is 8.65. The highest BCUT2D eigenvalue weighted by molar-refractivity contribution is 8.00. The van der Waals surface area contributed by atoms with Crippen molar-refractivity contribution in [3.63, 3.8) is 0 Å².